The van der Waals surface area contributed by atoms with E-state index in [1.54, 1.807) is 0 Å². The molecule has 1 aliphatic carbocycles. The normalized spacial score (nSPS) is 17.6. The van der Waals surface area contributed by atoms with Crippen LogP contribution >= 0.6 is 0 Å². The molecule has 0 spiro atoms. The summed E-state index contributed by atoms with van der Waals surface area (Å²) in [5, 5.41) is 9.81. The monoisotopic (exact) mass is 440 g/mol. The number of hydrogen-bond acceptors (Lipinski definition) is 5. The molecule has 8 nitrogen and oxygen atoms in total. The van der Waals surface area contributed by atoms with Gasteiger partial charge in [0.25, 0.3) is 5.91 Å². The van der Waals surface area contributed by atoms with Crippen LogP contribution in [0.25, 0.3) is 5.69 Å². The topological polar surface area (TPSA) is 83.4 Å². The molecule has 2 aliphatic rings. The molecule has 0 atom stereocenters. The first kappa shape index (κ1) is 21.2. The van der Waals surface area contributed by atoms with Gasteiger partial charge in [-0.2, -0.15) is 13.2 Å². The van der Waals surface area contributed by atoms with Crippen LogP contribution in [0.15, 0.2) is 24.3 Å². The Hall–Kier alpha value is -3.02. The summed E-state index contributed by atoms with van der Waals surface area (Å²) >= 11 is 0. The van der Waals surface area contributed by atoms with E-state index in [1.807, 2.05) is 4.90 Å². The van der Waals surface area contributed by atoms with Crippen molar-refractivity contribution >= 4 is 11.8 Å². The Kier molecular flexibility index (Phi) is 5.65. The summed E-state index contributed by atoms with van der Waals surface area (Å²) in [6.45, 7) is 1.19. The van der Waals surface area contributed by atoms with Crippen LogP contribution in [0.3, 0.4) is 0 Å². The molecule has 166 valence electrons. The third-order valence-electron chi connectivity index (χ3n) is 5.16. The highest BCUT2D eigenvalue weighted by atomic mass is 19.4. The van der Waals surface area contributed by atoms with Crippen molar-refractivity contribution in [3.8, 4) is 5.69 Å². The Morgan fingerprint density at radius 3 is 2.45 bits per heavy atom. The van der Waals surface area contributed by atoms with Gasteiger partial charge in [-0.25, -0.2) is 9.07 Å². The van der Waals surface area contributed by atoms with Crippen LogP contribution in [0.5, 0.6) is 0 Å². The third-order valence-corrected chi connectivity index (χ3v) is 5.16. The fraction of sp³-hybridized carbons (Fsp3) is 0.474. The molecular weight excluding hydrogens is 420 g/mol. The molecule has 1 saturated heterocycles. The first-order chi connectivity index (χ1) is 14.7. The minimum atomic E-state index is -4.93. The molecule has 31 heavy (non-hydrogen) atoms. The fourth-order valence-electron chi connectivity index (χ4n) is 3.43. The molecule has 1 aromatic carbocycles. The molecule has 2 aromatic rings. The van der Waals surface area contributed by atoms with Crippen LogP contribution in [0.1, 0.15) is 29.0 Å². The molecule has 0 unspecified atom stereocenters. The molecule has 2 heterocycles. The summed E-state index contributed by atoms with van der Waals surface area (Å²) in [5.41, 5.74) is -2.38. The quantitative estimate of drug-likeness (QED) is 0.712. The Balaban J connectivity index is 1.48. The third kappa shape index (κ3) is 4.84. The van der Waals surface area contributed by atoms with Crippen molar-refractivity contribution < 1.29 is 27.2 Å². The zero-order valence-corrected chi connectivity index (χ0v) is 16.4. The molecule has 0 bridgehead atoms. The van der Waals surface area contributed by atoms with Crippen molar-refractivity contribution in [1.82, 2.24) is 30.1 Å². The standard InChI is InChI=1S/C19H20F4N6O2/c20-12-2-1-3-14(10-12)29-17(19(21,22)23)16(25-26-29)18(31)28-8-6-27(7-9-28)11-15(30)24-13-4-5-13/h1-3,10,13H,4-9,11H2,(H,24,30). The number of alkyl halides is 3. The predicted octanol–water partition coefficient (Wildman–Crippen LogP) is 1.46. The first-order valence-electron chi connectivity index (χ1n) is 9.82. The molecule has 1 saturated carbocycles. The number of aromatic nitrogens is 3. The van der Waals surface area contributed by atoms with E-state index in [2.05, 4.69) is 15.6 Å². The molecule has 0 radical (unpaired) electrons. The maximum Gasteiger partial charge on any atom is 0.435 e. The Morgan fingerprint density at radius 2 is 1.84 bits per heavy atom. The summed E-state index contributed by atoms with van der Waals surface area (Å²) in [6, 6.07) is 4.70. The number of nitrogens with one attached hydrogen (secondary N) is 1. The van der Waals surface area contributed by atoms with Crippen LogP contribution in [0.4, 0.5) is 17.6 Å². The number of carbonyl (C=O) groups is 2. The van der Waals surface area contributed by atoms with E-state index < -0.39 is 29.3 Å². The van der Waals surface area contributed by atoms with Gasteiger partial charge in [0.2, 0.25) is 5.91 Å². The second kappa shape index (κ2) is 8.25. The van der Waals surface area contributed by atoms with Crippen LogP contribution < -0.4 is 5.32 Å². The van der Waals surface area contributed by atoms with E-state index in [9.17, 15) is 27.2 Å². The van der Waals surface area contributed by atoms with Gasteiger partial charge in [-0.1, -0.05) is 11.3 Å². The first-order valence-corrected chi connectivity index (χ1v) is 9.82. The van der Waals surface area contributed by atoms with Gasteiger partial charge >= 0.3 is 6.18 Å². The summed E-state index contributed by atoms with van der Waals surface area (Å²) in [5.74, 6) is -1.74. The van der Waals surface area contributed by atoms with Crippen molar-refractivity contribution in [1.29, 1.82) is 0 Å². The highest BCUT2D eigenvalue weighted by Gasteiger charge is 2.43. The van der Waals surface area contributed by atoms with Gasteiger partial charge in [-0.3, -0.25) is 14.5 Å². The van der Waals surface area contributed by atoms with Crippen molar-refractivity contribution in [2.24, 2.45) is 0 Å². The van der Waals surface area contributed by atoms with Crippen LogP contribution in [-0.2, 0) is 11.0 Å². The average molecular weight is 440 g/mol. The van der Waals surface area contributed by atoms with Gasteiger partial charge < -0.3 is 10.2 Å². The smallest absolute Gasteiger partial charge is 0.352 e. The minimum Gasteiger partial charge on any atom is -0.352 e. The van der Waals surface area contributed by atoms with Gasteiger partial charge in [-0.05, 0) is 31.0 Å². The lowest BCUT2D eigenvalue weighted by Crippen LogP contribution is -2.51. The van der Waals surface area contributed by atoms with E-state index in [0.29, 0.717) is 17.8 Å². The zero-order chi connectivity index (χ0) is 22.2. The summed E-state index contributed by atoms with van der Waals surface area (Å²) in [4.78, 5) is 27.8. The Labute approximate surface area is 174 Å². The molecule has 1 N–H and O–H groups in total. The molecule has 1 aliphatic heterocycles. The second-order valence-electron chi connectivity index (χ2n) is 7.59. The predicted molar refractivity (Wildman–Crippen MR) is 99.8 cm³/mol. The molecule has 2 amide bonds. The number of nitrogens with zero attached hydrogens (tertiary/aromatic N) is 5. The summed E-state index contributed by atoms with van der Waals surface area (Å²) in [6.07, 6.45) is -2.97. The zero-order valence-electron chi connectivity index (χ0n) is 16.4. The Morgan fingerprint density at radius 1 is 1.13 bits per heavy atom. The lowest BCUT2D eigenvalue weighted by Gasteiger charge is -2.34. The highest BCUT2D eigenvalue weighted by Crippen LogP contribution is 2.33. The van der Waals surface area contributed by atoms with Crippen LogP contribution in [0.2, 0.25) is 0 Å². The largest absolute Gasteiger partial charge is 0.435 e. The number of carbonyl (C=O) groups excluding carboxylic acids is 2. The number of benzene rings is 1. The molecule has 12 heteroatoms. The number of piperazine rings is 1. The lowest BCUT2D eigenvalue weighted by atomic mass is 10.2. The van der Waals surface area contributed by atoms with Crippen molar-refractivity contribution in [2.75, 3.05) is 32.7 Å². The molecule has 1 aromatic heterocycles. The van der Waals surface area contributed by atoms with Crippen LogP contribution in [0, 0.1) is 5.82 Å². The number of halogens is 4. The number of rotatable bonds is 5. The summed E-state index contributed by atoms with van der Waals surface area (Å²) in [7, 11) is 0. The van der Waals surface area contributed by atoms with Crippen LogP contribution in [-0.4, -0.2) is 75.4 Å². The SMILES string of the molecule is O=C(CN1CCN(C(=O)c2nnn(-c3cccc(F)c3)c2C(F)(F)F)CC1)NC1CC1. The minimum absolute atomic E-state index is 0.0975. The van der Waals surface area contributed by atoms with E-state index in [1.165, 1.54) is 17.0 Å². The van der Waals surface area contributed by atoms with Gasteiger partial charge in [0.15, 0.2) is 11.4 Å². The van der Waals surface area contributed by atoms with Crippen molar-refractivity contribution in [3.63, 3.8) is 0 Å². The van der Waals surface area contributed by atoms with E-state index >= 15 is 0 Å². The van der Waals surface area contributed by atoms with E-state index in [-0.39, 0.29) is 37.3 Å². The summed E-state index contributed by atoms with van der Waals surface area (Å²) < 4.78 is 55.2. The van der Waals surface area contributed by atoms with Gasteiger partial charge in [0.05, 0.1) is 12.2 Å². The molecule has 4 rings (SSSR count). The van der Waals surface area contributed by atoms with Gasteiger partial charge in [0, 0.05) is 32.2 Å². The molecule has 2 fully saturated rings. The average Bonchev–Trinajstić information content (AvgIpc) is 3.39. The lowest BCUT2D eigenvalue weighted by molar-refractivity contribution is -0.143. The maximum atomic E-state index is 13.8. The second-order valence-corrected chi connectivity index (χ2v) is 7.59. The fourth-order valence-corrected chi connectivity index (χ4v) is 3.43. The highest BCUT2D eigenvalue weighted by molar-refractivity contribution is 5.93. The number of hydrogen-bond donors (Lipinski definition) is 1. The van der Waals surface area contributed by atoms with Gasteiger partial charge in [-0.15, -0.1) is 5.10 Å². The van der Waals surface area contributed by atoms with Crippen molar-refractivity contribution in [3.05, 3.63) is 41.5 Å². The number of amides is 2. The maximum absolute atomic E-state index is 13.8. The van der Waals surface area contributed by atoms with E-state index in [4.69, 9.17) is 0 Å². The Bertz CT molecular complexity index is 980. The molecular formula is C19H20F4N6O2. The van der Waals surface area contributed by atoms with E-state index in [0.717, 1.165) is 25.0 Å². The van der Waals surface area contributed by atoms with Crippen molar-refractivity contribution in [2.45, 2.75) is 25.1 Å². The van der Waals surface area contributed by atoms with Gasteiger partial charge in [0.1, 0.15) is 5.82 Å².